The third kappa shape index (κ3) is 5.40. The van der Waals surface area contributed by atoms with Gasteiger partial charge in [0, 0.05) is 17.5 Å². The number of hydrogen-bond donors (Lipinski definition) is 3. The highest BCUT2D eigenvalue weighted by Gasteiger charge is 2.24. The molecule has 0 bridgehead atoms. The molecular formula is C19H24N4O4S2. The molecule has 2 atom stereocenters. The Bertz CT molecular complexity index is 1020. The molecule has 0 saturated carbocycles. The summed E-state index contributed by atoms with van der Waals surface area (Å²) >= 11 is 1.45. The molecule has 0 radical (unpaired) electrons. The van der Waals surface area contributed by atoms with Gasteiger partial charge >= 0.3 is 0 Å². The Morgan fingerprint density at radius 1 is 1.21 bits per heavy atom. The number of aryl methyl sites for hydroxylation is 1. The number of nitrogens with zero attached hydrogens (tertiary/aromatic N) is 1. The molecule has 0 spiro atoms. The lowest BCUT2D eigenvalue weighted by molar-refractivity contribution is -0.117. The summed E-state index contributed by atoms with van der Waals surface area (Å²) in [5, 5.41) is 5.78. The van der Waals surface area contributed by atoms with Crippen molar-refractivity contribution in [2.24, 2.45) is 5.92 Å². The maximum atomic E-state index is 12.5. The van der Waals surface area contributed by atoms with E-state index in [9.17, 15) is 18.0 Å². The zero-order chi connectivity index (χ0) is 21.2. The average molecular weight is 437 g/mol. The second kappa shape index (κ2) is 8.60. The van der Waals surface area contributed by atoms with Crippen molar-refractivity contribution in [3.63, 3.8) is 0 Å². The van der Waals surface area contributed by atoms with Crippen molar-refractivity contribution in [1.82, 2.24) is 9.71 Å². The van der Waals surface area contributed by atoms with Crippen molar-refractivity contribution < 1.29 is 18.0 Å². The fraction of sp³-hybridized carbons (Fsp3) is 0.421. The number of carbonyl (C=O) groups is 2. The Morgan fingerprint density at radius 2 is 1.90 bits per heavy atom. The van der Waals surface area contributed by atoms with Gasteiger partial charge in [0.15, 0.2) is 5.13 Å². The Kier molecular flexibility index (Phi) is 6.35. The molecular weight excluding hydrogens is 412 g/mol. The van der Waals surface area contributed by atoms with Gasteiger partial charge in [-0.25, -0.2) is 13.4 Å². The summed E-state index contributed by atoms with van der Waals surface area (Å²) < 4.78 is 27.4. The molecule has 2 aromatic rings. The van der Waals surface area contributed by atoms with E-state index >= 15 is 0 Å². The van der Waals surface area contributed by atoms with Crippen LogP contribution in [0.1, 0.15) is 37.8 Å². The van der Waals surface area contributed by atoms with Gasteiger partial charge in [0.25, 0.3) is 0 Å². The van der Waals surface area contributed by atoms with Crippen LogP contribution in [0.2, 0.25) is 0 Å². The predicted octanol–water partition coefficient (Wildman–Crippen LogP) is 2.53. The second-order valence-electron chi connectivity index (χ2n) is 7.27. The number of amides is 2. The number of sulfonamides is 1. The van der Waals surface area contributed by atoms with Crippen LogP contribution >= 0.6 is 11.3 Å². The molecule has 2 amide bonds. The summed E-state index contributed by atoms with van der Waals surface area (Å²) in [6, 6.07) is 4.74. The van der Waals surface area contributed by atoms with Crippen LogP contribution in [0.4, 0.5) is 10.8 Å². The van der Waals surface area contributed by atoms with Crippen LogP contribution in [-0.2, 0) is 32.5 Å². The van der Waals surface area contributed by atoms with Crippen molar-refractivity contribution in [3.8, 4) is 0 Å². The number of hydrogen-bond acceptors (Lipinski definition) is 6. The number of carbonyl (C=O) groups excluding carboxylic acids is 2. The van der Waals surface area contributed by atoms with E-state index in [1.54, 1.807) is 0 Å². The monoisotopic (exact) mass is 436 g/mol. The number of benzene rings is 1. The Balaban J connectivity index is 1.63. The molecule has 0 saturated heterocycles. The molecule has 1 aliphatic carbocycles. The first-order chi connectivity index (χ1) is 13.6. The molecule has 156 valence electrons. The molecule has 1 aliphatic rings. The summed E-state index contributed by atoms with van der Waals surface area (Å²) in [6.07, 6.45) is 2.94. The Morgan fingerprint density at radius 3 is 2.55 bits per heavy atom. The van der Waals surface area contributed by atoms with Crippen LogP contribution in [0.5, 0.6) is 0 Å². The average Bonchev–Trinajstić information content (AvgIpc) is 3.02. The maximum Gasteiger partial charge on any atom is 0.244 e. The summed E-state index contributed by atoms with van der Waals surface area (Å²) in [4.78, 5) is 29.2. The fourth-order valence-electron chi connectivity index (χ4n) is 3.08. The van der Waals surface area contributed by atoms with Crippen molar-refractivity contribution in [2.45, 2.75) is 51.0 Å². The summed E-state index contributed by atoms with van der Waals surface area (Å²) in [6.45, 7) is 5.04. The lowest BCUT2D eigenvalue weighted by Crippen LogP contribution is -2.41. The third-order valence-corrected chi connectivity index (χ3v) is 7.22. The van der Waals surface area contributed by atoms with Crippen LogP contribution in [0.25, 0.3) is 0 Å². The minimum Gasteiger partial charge on any atom is -0.326 e. The van der Waals surface area contributed by atoms with E-state index in [0.717, 1.165) is 25.0 Å². The lowest BCUT2D eigenvalue weighted by Gasteiger charge is -2.15. The van der Waals surface area contributed by atoms with E-state index in [-0.39, 0.29) is 10.8 Å². The van der Waals surface area contributed by atoms with E-state index in [0.29, 0.717) is 16.7 Å². The second-order valence-corrected chi connectivity index (χ2v) is 10.1. The van der Waals surface area contributed by atoms with Crippen molar-refractivity contribution in [3.05, 3.63) is 34.8 Å². The smallest absolute Gasteiger partial charge is 0.244 e. The molecule has 1 aromatic carbocycles. The summed E-state index contributed by atoms with van der Waals surface area (Å²) in [5.74, 6) is -0.112. The number of aromatic nitrogens is 1. The molecule has 1 aromatic heterocycles. The molecule has 10 heteroatoms. The fourth-order valence-corrected chi connectivity index (χ4v) is 5.46. The van der Waals surface area contributed by atoms with Gasteiger partial charge in [0.1, 0.15) is 0 Å². The number of nitrogens with one attached hydrogen (secondary N) is 3. The lowest BCUT2D eigenvalue weighted by atomic mass is 9.93. The highest BCUT2D eigenvalue weighted by molar-refractivity contribution is 7.89. The van der Waals surface area contributed by atoms with Crippen molar-refractivity contribution in [1.29, 1.82) is 0 Å². The Labute approximate surface area is 174 Å². The van der Waals surface area contributed by atoms with E-state index in [1.165, 1.54) is 54.3 Å². The highest BCUT2D eigenvalue weighted by atomic mass is 32.2. The van der Waals surface area contributed by atoms with Crippen molar-refractivity contribution >= 4 is 44.0 Å². The zero-order valence-corrected chi connectivity index (χ0v) is 18.1. The van der Waals surface area contributed by atoms with Crippen LogP contribution in [0, 0.1) is 5.92 Å². The van der Waals surface area contributed by atoms with E-state index < -0.39 is 22.0 Å². The van der Waals surface area contributed by atoms with Crippen LogP contribution in [0.15, 0.2) is 29.2 Å². The van der Waals surface area contributed by atoms with Gasteiger partial charge in [-0.15, -0.1) is 11.3 Å². The van der Waals surface area contributed by atoms with E-state index in [2.05, 4.69) is 27.3 Å². The van der Waals surface area contributed by atoms with Crippen LogP contribution in [-0.4, -0.2) is 31.3 Å². The predicted molar refractivity (Wildman–Crippen MR) is 112 cm³/mol. The molecule has 0 fully saturated rings. The highest BCUT2D eigenvalue weighted by Crippen LogP contribution is 2.32. The molecule has 3 rings (SSSR count). The SMILES string of the molecule is CC(=O)Nc1ccc(S(=O)(=O)N[C@H](C)C(=O)Nc2nc3c(s2)C[C@H](C)CC3)cc1. The Hall–Kier alpha value is -2.30. The first-order valence-corrected chi connectivity index (χ1v) is 11.6. The molecule has 3 N–H and O–H groups in total. The molecule has 8 nitrogen and oxygen atoms in total. The van der Waals surface area contributed by atoms with Gasteiger partial charge in [-0.3, -0.25) is 9.59 Å². The summed E-state index contributed by atoms with van der Waals surface area (Å²) in [5.41, 5.74) is 1.51. The standard InChI is InChI=1S/C19H24N4O4S2/c1-11-4-9-16-17(10-11)28-19(21-16)22-18(25)12(2)23-29(26,27)15-7-5-14(6-8-15)20-13(3)24/h5-8,11-12,23H,4,9-10H2,1-3H3,(H,20,24)(H,21,22,25)/t11-,12-/m1/s1. The normalized spacial score (nSPS) is 17.3. The third-order valence-electron chi connectivity index (χ3n) is 4.63. The molecule has 1 heterocycles. The molecule has 0 unspecified atom stereocenters. The summed E-state index contributed by atoms with van der Waals surface area (Å²) in [7, 11) is -3.89. The first kappa shape index (κ1) is 21.4. The molecule has 29 heavy (non-hydrogen) atoms. The van der Waals surface area contributed by atoms with E-state index in [1.807, 2.05) is 0 Å². The van der Waals surface area contributed by atoms with Crippen LogP contribution < -0.4 is 15.4 Å². The maximum absolute atomic E-state index is 12.5. The number of thiazole rings is 1. The van der Waals surface area contributed by atoms with Gasteiger partial charge in [-0.1, -0.05) is 6.92 Å². The first-order valence-electron chi connectivity index (χ1n) is 9.33. The molecule has 0 aliphatic heterocycles. The van der Waals surface area contributed by atoms with Crippen LogP contribution in [0.3, 0.4) is 0 Å². The van der Waals surface area contributed by atoms with Gasteiger partial charge < -0.3 is 10.6 Å². The van der Waals surface area contributed by atoms with Gasteiger partial charge in [0.05, 0.1) is 16.6 Å². The minimum atomic E-state index is -3.89. The number of fused-ring (bicyclic) bond motifs is 1. The van der Waals surface area contributed by atoms with Gasteiger partial charge in [0.2, 0.25) is 21.8 Å². The number of anilines is 2. The van der Waals surface area contributed by atoms with Gasteiger partial charge in [-0.05, 0) is 56.4 Å². The van der Waals surface area contributed by atoms with Gasteiger partial charge in [-0.2, -0.15) is 4.72 Å². The number of rotatable bonds is 6. The quantitative estimate of drug-likeness (QED) is 0.643. The zero-order valence-electron chi connectivity index (χ0n) is 16.5. The minimum absolute atomic E-state index is 0.00459. The topological polar surface area (TPSA) is 117 Å². The van der Waals surface area contributed by atoms with E-state index in [4.69, 9.17) is 0 Å². The van der Waals surface area contributed by atoms with Crippen molar-refractivity contribution in [2.75, 3.05) is 10.6 Å². The largest absolute Gasteiger partial charge is 0.326 e.